The third kappa shape index (κ3) is 6.36. The topological polar surface area (TPSA) is 24.5 Å². The van der Waals surface area contributed by atoms with E-state index in [4.69, 9.17) is 4.74 Å². The molecule has 0 bridgehead atoms. The molecule has 1 heterocycles. The monoisotopic (exact) mass is 436 g/mol. The SMILES string of the molecule is Cc1cc([C@H](CC2CC2)N2CCNCC2)cc(C)c1OCc1ccccc1.Cl.Cl. The van der Waals surface area contributed by atoms with E-state index in [1.165, 1.54) is 41.5 Å². The maximum atomic E-state index is 6.20. The lowest BCUT2D eigenvalue weighted by Crippen LogP contribution is -2.45. The molecule has 1 saturated heterocycles. The van der Waals surface area contributed by atoms with Crippen molar-refractivity contribution in [3.05, 3.63) is 64.7 Å². The van der Waals surface area contributed by atoms with Crippen LogP contribution < -0.4 is 10.1 Å². The fraction of sp³-hybridized carbons (Fsp3) is 0.500. The standard InChI is InChI=1S/C24H32N2O.2ClH/c1-18-14-22(23(16-20-8-9-20)26-12-10-25-11-13-26)15-19(2)24(18)27-17-21-6-4-3-5-7-21;;/h3-7,14-15,20,23,25H,8-13,16-17H2,1-2H3;2*1H/t23-;;/m0../s1. The molecule has 0 aromatic heterocycles. The molecule has 1 N–H and O–H groups in total. The zero-order valence-corrected chi connectivity index (χ0v) is 19.2. The molecule has 2 aromatic rings. The van der Waals surface area contributed by atoms with Crippen molar-refractivity contribution < 1.29 is 4.74 Å². The van der Waals surface area contributed by atoms with Crippen molar-refractivity contribution in [3.8, 4) is 5.75 Å². The highest BCUT2D eigenvalue weighted by atomic mass is 35.5. The summed E-state index contributed by atoms with van der Waals surface area (Å²) < 4.78 is 6.20. The minimum absolute atomic E-state index is 0. The molecule has 4 rings (SSSR count). The number of hydrogen-bond acceptors (Lipinski definition) is 3. The fourth-order valence-electron chi connectivity index (χ4n) is 4.29. The molecule has 0 spiro atoms. The molecule has 1 atom stereocenters. The van der Waals surface area contributed by atoms with Crippen molar-refractivity contribution in [1.82, 2.24) is 10.2 Å². The van der Waals surface area contributed by atoms with Crippen LogP contribution in [-0.2, 0) is 6.61 Å². The highest BCUT2D eigenvalue weighted by Crippen LogP contribution is 2.41. The van der Waals surface area contributed by atoms with Gasteiger partial charge in [0.05, 0.1) is 0 Å². The van der Waals surface area contributed by atoms with Crippen LogP contribution >= 0.6 is 24.8 Å². The van der Waals surface area contributed by atoms with Crippen LogP contribution in [0.15, 0.2) is 42.5 Å². The lowest BCUT2D eigenvalue weighted by atomic mass is 9.95. The molecule has 1 aliphatic carbocycles. The third-order valence-electron chi connectivity index (χ3n) is 5.94. The maximum absolute atomic E-state index is 6.20. The summed E-state index contributed by atoms with van der Waals surface area (Å²) in [5, 5.41) is 3.49. The van der Waals surface area contributed by atoms with E-state index in [0.29, 0.717) is 12.6 Å². The van der Waals surface area contributed by atoms with Crippen LogP contribution in [0, 0.1) is 19.8 Å². The van der Waals surface area contributed by atoms with E-state index >= 15 is 0 Å². The number of halogens is 2. The summed E-state index contributed by atoms with van der Waals surface area (Å²) in [6.45, 7) is 9.55. The number of piperazine rings is 1. The number of nitrogens with zero attached hydrogens (tertiary/aromatic N) is 1. The quantitative estimate of drug-likeness (QED) is 0.622. The Labute approximate surface area is 188 Å². The molecular formula is C24H34Cl2N2O. The molecule has 0 unspecified atom stereocenters. The molecule has 0 amide bonds. The molecule has 2 fully saturated rings. The van der Waals surface area contributed by atoms with E-state index in [1.54, 1.807) is 0 Å². The van der Waals surface area contributed by atoms with E-state index in [1.807, 2.05) is 6.07 Å². The van der Waals surface area contributed by atoms with E-state index < -0.39 is 0 Å². The third-order valence-corrected chi connectivity index (χ3v) is 5.94. The molecule has 2 aromatic carbocycles. The first-order chi connectivity index (χ1) is 13.2. The highest BCUT2D eigenvalue weighted by molar-refractivity contribution is 5.85. The molecule has 160 valence electrons. The largest absolute Gasteiger partial charge is 0.488 e. The summed E-state index contributed by atoms with van der Waals surface area (Å²) in [6.07, 6.45) is 4.14. The van der Waals surface area contributed by atoms with Gasteiger partial charge in [0, 0.05) is 32.2 Å². The van der Waals surface area contributed by atoms with Crippen LogP contribution in [0.1, 0.15) is 47.6 Å². The predicted molar refractivity (Wildman–Crippen MR) is 126 cm³/mol. The summed E-state index contributed by atoms with van der Waals surface area (Å²) in [5.74, 6) is 1.98. The smallest absolute Gasteiger partial charge is 0.125 e. The average Bonchev–Trinajstić information content (AvgIpc) is 3.51. The van der Waals surface area contributed by atoms with Crippen LogP contribution in [0.2, 0.25) is 0 Å². The van der Waals surface area contributed by atoms with Gasteiger partial charge in [-0.3, -0.25) is 4.90 Å². The van der Waals surface area contributed by atoms with Gasteiger partial charge in [0.1, 0.15) is 12.4 Å². The number of rotatable bonds is 7. The Morgan fingerprint density at radius 2 is 1.62 bits per heavy atom. The summed E-state index contributed by atoms with van der Waals surface area (Å²) >= 11 is 0. The molecule has 29 heavy (non-hydrogen) atoms. The number of benzene rings is 2. The van der Waals surface area contributed by atoms with E-state index in [0.717, 1.165) is 37.8 Å². The van der Waals surface area contributed by atoms with Crippen molar-refractivity contribution in [2.45, 2.75) is 45.8 Å². The van der Waals surface area contributed by atoms with E-state index in [2.05, 4.69) is 60.5 Å². The van der Waals surface area contributed by atoms with Gasteiger partial charge < -0.3 is 10.1 Å². The molecule has 1 saturated carbocycles. The van der Waals surface area contributed by atoms with Crippen LogP contribution in [0.5, 0.6) is 5.75 Å². The average molecular weight is 437 g/mol. The second-order valence-electron chi connectivity index (χ2n) is 8.24. The van der Waals surface area contributed by atoms with Crippen molar-refractivity contribution in [2.24, 2.45) is 5.92 Å². The Kier molecular flexibility index (Phi) is 9.29. The second-order valence-corrected chi connectivity index (χ2v) is 8.24. The first-order valence-corrected chi connectivity index (χ1v) is 10.4. The number of ether oxygens (including phenoxy) is 1. The summed E-state index contributed by atoms with van der Waals surface area (Å²) in [6, 6.07) is 15.7. The first kappa shape index (κ1) is 24.0. The predicted octanol–water partition coefficient (Wildman–Crippen LogP) is 5.47. The molecule has 0 radical (unpaired) electrons. The van der Waals surface area contributed by atoms with Gasteiger partial charge in [0.25, 0.3) is 0 Å². The van der Waals surface area contributed by atoms with Gasteiger partial charge in [-0.1, -0.05) is 55.3 Å². The van der Waals surface area contributed by atoms with Crippen molar-refractivity contribution in [1.29, 1.82) is 0 Å². The number of nitrogens with one attached hydrogen (secondary N) is 1. The van der Waals surface area contributed by atoms with Gasteiger partial charge in [-0.25, -0.2) is 0 Å². The van der Waals surface area contributed by atoms with Crippen LogP contribution in [-0.4, -0.2) is 31.1 Å². The van der Waals surface area contributed by atoms with Gasteiger partial charge in [-0.05, 0) is 48.4 Å². The maximum Gasteiger partial charge on any atom is 0.125 e. The van der Waals surface area contributed by atoms with Gasteiger partial charge in [-0.15, -0.1) is 24.8 Å². The molecule has 1 aliphatic heterocycles. The van der Waals surface area contributed by atoms with Crippen molar-refractivity contribution in [2.75, 3.05) is 26.2 Å². The van der Waals surface area contributed by atoms with Crippen LogP contribution in [0.3, 0.4) is 0 Å². The summed E-state index contributed by atoms with van der Waals surface area (Å²) in [4.78, 5) is 2.69. The Hall–Kier alpha value is -1.26. The van der Waals surface area contributed by atoms with Crippen LogP contribution in [0.25, 0.3) is 0 Å². The van der Waals surface area contributed by atoms with Gasteiger partial charge in [0.2, 0.25) is 0 Å². The van der Waals surface area contributed by atoms with Gasteiger partial charge in [0.15, 0.2) is 0 Å². The summed E-state index contributed by atoms with van der Waals surface area (Å²) in [5.41, 5.74) is 5.22. The Bertz CT molecular complexity index is 736. The van der Waals surface area contributed by atoms with Crippen molar-refractivity contribution >= 4 is 24.8 Å². The van der Waals surface area contributed by atoms with Gasteiger partial charge in [-0.2, -0.15) is 0 Å². The summed E-state index contributed by atoms with van der Waals surface area (Å²) in [7, 11) is 0. The minimum atomic E-state index is 0. The number of hydrogen-bond donors (Lipinski definition) is 1. The fourth-order valence-corrected chi connectivity index (χ4v) is 4.29. The van der Waals surface area contributed by atoms with E-state index in [-0.39, 0.29) is 24.8 Å². The Morgan fingerprint density at radius 3 is 2.21 bits per heavy atom. The molecular weight excluding hydrogens is 403 g/mol. The normalized spacial score (nSPS) is 17.7. The minimum Gasteiger partial charge on any atom is -0.488 e. The molecule has 3 nitrogen and oxygen atoms in total. The van der Waals surface area contributed by atoms with E-state index in [9.17, 15) is 0 Å². The molecule has 5 heteroatoms. The second kappa shape index (κ2) is 11.2. The first-order valence-electron chi connectivity index (χ1n) is 10.4. The zero-order valence-electron chi connectivity index (χ0n) is 17.5. The van der Waals surface area contributed by atoms with Gasteiger partial charge >= 0.3 is 0 Å². The lowest BCUT2D eigenvalue weighted by molar-refractivity contribution is 0.160. The Morgan fingerprint density at radius 1 is 1.00 bits per heavy atom. The zero-order chi connectivity index (χ0) is 18.6. The van der Waals surface area contributed by atoms with Crippen LogP contribution in [0.4, 0.5) is 0 Å². The molecule has 2 aliphatic rings. The Balaban J connectivity index is 0.00000150. The highest BCUT2D eigenvalue weighted by Gasteiger charge is 2.31. The lowest BCUT2D eigenvalue weighted by Gasteiger charge is -2.36. The van der Waals surface area contributed by atoms with Crippen molar-refractivity contribution in [3.63, 3.8) is 0 Å². The number of aryl methyl sites for hydroxylation is 2.